The Morgan fingerprint density at radius 2 is 1.50 bits per heavy atom. The Morgan fingerprint density at radius 1 is 1.00 bits per heavy atom. The van der Waals surface area contributed by atoms with Crippen LogP contribution in [0.1, 0.15) is 58.8 Å². The third-order valence-corrected chi connectivity index (χ3v) is 2.01. The molecule has 1 nitrogen and oxygen atoms in total. The Hall–Kier alpha value is 0.440. The van der Waals surface area contributed by atoms with Gasteiger partial charge in [-0.25, -0.2) is 0 Å². The molecule has 0 amide bonds. The molecule has 12 heavy (non-hydrogen) atoms. The molecule has 0 saturated heterocycles. The number of unbranched alkanes of at least 4 members (excludes halogenated alkanes) is 5. The highest BCUT2D eigenvalue weighted by Gasteiger charge is 1.93. The summed E-state index contributed by atoms with van der Waals surface area (Å²) >= 11 is 0. The largest absolute Gasteiger partial charge is 0.328 e. The second-order valence-corrected chi connectivity index (χ2v) is 3.53. The van der Waals surface area contributed by atoms with Crippen molar-refractivity contribution in [2.75, 3.05) is 0 Å². The Kier molecular flexibility index (Phi) is 14.2. The second kappa shape index (κ2) is 11.4. The highest BCUT2D eigenvalue weighted by atomic mass is 79.9. The Labute approximate surface area is 87.9 Å². The summed E-state index contributed by atoms with van der Waals surface area (Å²) in [6, 6.07) is 0.404. The van der Waals surface area contributed by atoms with Crippen molar-refractivity contribution in [3.8, 4) is 0 Å². The fourth-order valence-electron chi connectivity index (χ4n) is 1.25. The molecule has 0 bridgehead atoms. The lowest BCUT2D eigenvalue weighted by Gasteiger charge is -2.03. The van der Waals surface area contributed by atoms with Crippen LogP contribution in [0.25, 0.3) is 0 Å². The summed E-state index contributed by atoms with van der Waals surface area (Å²) in [6.45, 7) is 4.34. The highest BCUT2D eigenvalue weighted by molar-refractivity contribution is 8.93. The molecule has 0 radical (unpaired) electrons. The predicted molar refractivity (Wildman–Crippen MR) is 62.0 cm³/mol. The molecule has 0 rings (SSSR count). The maximum Gasteiger partial charge on any atom is 0.00104 e. The first-order valence-corrected chi connectivity index (χ1v) is 5.03. The zero-order valence-corrected chi connectivity index (χ0v) is 10.2. The summed E-state index contributed by atoms with van der Waals surface area (Å²) in [6.07, 6.45) is 9.45. The molecule has 0 aliphatic carbocycles. The smallest absolute Gasteiger partial charge is 0.00104 e. The standard InChI is InChI=1S/C10H23N.BrH/c1-3-4-5-6-7-8-9-10(2)11;/h10H,3-9,11H2,1-2H3;1H. The number of hydrogen-bond acceptors (Lipinski definition) is 1. The fraction of sp³-hybridized carbons (Fsp3) is 1.00. The number of hydrogen-bond donors (Lipinski definition) is 1. The van der Waals surface area contributed by atoms with Crippen LogP contribution < -0.4 is 5.73 Å². The van der Waals surface area contributed by atoms with Gasteiger partial charge in [0.25, 0.3) is 0 Å². The van der Waals surface area contributed by atoms with Crippen molar-refractivity contribution in [2.24, 2.45) is 5.73 Å². The van der Waals surface area contributed by atoms with Gasteiger partial charge in [0.05, 0.1) is 0 Å². The normalized spacial score (nSPS) is 12.2. The number of halogens is 1. The van der Waals surface area contributed by atoms with Crippen LogP contribution in [-0.4, -0.2) is 6.04 Å². The van der Waals surface area contributed by atoms with Crippen LogP contribution in [0.3, 0.4) is 0 Å². The molecule has 0 fully saturated rings. The van der Waals surface area contributed by atoms with Crippen LogP contribution in [0.5, 0.6) is 0 Å². The first-order chi connectivity index (χ1) is 5.27. The minimum Gasteiger partial charge on any atom is -0.328 e. The molecule has 0 heterocycles. The van der Waals surface area contributed by atoms with E-state index in [4.69, 9.17) is 5.73 Å². The van der Waals surface area contributed by atoms with E-state index in [1.54, 1.807) is 0 Å². The molecular formula is C10H24BrN. The first kappa shape index (κ1) is 14.9. The molecule has 2 N–H and O–H groups in total. The van der Waals surface area contributed by atoms with Gasteiger partial charge in [0.15, 0.2) is 0 Å². The molecule has 76 valence electrons. The summed E-state index contributed by atoms with van der Waals surface area (Å²) < 4.78 is 0. The fourth-order valence-corrected chi connectivity index (χ4v) is 1.25. The number of rotatable bonds is 7. The van der Waals surface area contributed by atoms with Crippen LogP contribution in [0.4, 0.5) is 0 Å². The molecule has 0 aromatic rings. The van der Waals surface area contributed by atoms with E-state index in [2.05, 4.69) is 13.8 Å². The van der Waals surface area contributed by atoms with Gasteiger partial charge in [-0.3, -0.25) is 0 Å². The minimum atomic E-state index is 0. The number of nitrogens with two attached hydrogens (primary N) is 1. The lowest BCUT2D eigenvalue weighted by molar-refractivity contribution is 0.554. The van der Waals surface area contributed by atoms with Crippen LogP contribution >= 0.6 is 17.0 Å². The second-order valence-electron chi connectivity index (χ2n) is 3.53. The third kappa shape index (κ3) is 13.1. The van der Waals surface area contributed by atoms with Crippen molar-refractivity contribution in [1.29, 1.82) is 0 Å². The zero-order chi connectivity index (χ0) is 8.53. The zero-order valence-electron chi connectivity index (χ0n) is 8.51. The molecule has 0 spiro atoms. The molecule has 0 aromatic heterocycles. The minimum absolute atomic E-state index is 0. The van der Waals surface area contributed by atoms with E-state index in [0.29, 0.717) is 6.04 Å². The van der Waals surface area contributed by atoms with E-state index in [1.165, 1.54) is 44.9 Å². The van der Waals surface area contributed by atoms with Crippen LogP contribution in [0.2, 0.25) is 0 Å². The topological polar surface area (TPSA) is 26.0 Å². The van der Waals surface area contributed by atoms with E-state index >= 15 is 0 Å². The van der Waals surface area contributed by atoms with Crippen molar-refractivity contribution < 1.29 is 0 Å². The summed E-state index contributed by atoms with van der Waals surface area (Å²) in [5, 5.41) is 0. The molecule has 2 heteroatoms. The summed E-state index contributed by atoms with van der Waals surface area (Å²) in [7, 11) is 0. The van der Waals surface area contributed by atoms with Gasteiger partial charge in [-0.1, -0.05) is 45.4 Å². The maximum absolute atomic E-state index is 5.63. The monoisotopic (exact) mass is 237 g/mol. The Morgan fingerprint density at radius 3 is 2.00 bits per heavy atom. The average molecular weight is 238 g/mol. The summed E-state index contributed by atoms with van der Waals surface area (Å²) in [5.74, 6) is 0. The van der Waals surface area contributed by atoms with Crippen molar-refractivity contribution in [3.05, 3.63) is 0 Å². The van der Waals surface area contributed by atoms with Gasteiger partial charge in [0, 0.05) is 6.04 Å². The molecule has 0 aliphatic heterocycles. The lowest BCUT2D eigenvalue weighted by atomic mass is 10.1. The predicted octanol–water partition coefficient (Wildman–Crippen LogP) is 3.66. The van der Waals surface area contributed by atoms with Gasteiger partial charge in [-0.15, -0.1) is 17.0 Å². The summed E-state index contributed by atoms with van der Waals surface area (Å²) in [4.78, 5) is 0. The van der Waals surface area contributed by atoms with Crippen molar-refractivity contribution in [2.45, 2.75) is 64.8 Å². The highest BCUT2D eigenvalue weighted by Crippen LogP contribution is 2.07. The van der Waals surface area contributed by atoms with Crippen molar-refractivity contribution in [1.82, 2.24) is 0 Å². The Bertz CT molecular complexity index is 74.2. The average Bonchev–Trinajstić information content (AvgIpc) is 1.96. The van der Waals surface area contributed by atoms with E-state index in [0.717, 1.165) is 0 Å². The van der Waals surface area contributed by atoms with E-state index in [-0.39, 0.29) is 17.0 Å². The molecule has 1 unspecified atom stereocenters. The lowest BCUT2D eigenvalue weighted by Crippen LogP contribution is -2.13. The van der Waals surface area contributed by atoms with Gasteiger partial charge in [0.2, 0.25) is 0 Å². The molecule has 0 aromatic carbocycles. The van der Waals surface area contributed by atoms with Gasteiger partial charge < -0.3 is 5.73 Å². The van der Waals surface area contributed by atoms with E-state index < -0.39 is 0 Å². The van der Waals surface area contributed by atoms with Gasteiger partial charge in [0.1, 0.15) is 0 Å². The van der Waals surface area contributed by atoms with Gasteiger partial charge in [-0.2, -0.15) is 0 Å². The van der Waals surface area contributed by atoms with Crippen LogP contribution in [0, 0.1) is 0 Å². The van der Waals surface area contributed by atoms with Gasteiger partial charge in [-0.05, 0) is 13.3 Å². The van der Waals surface area contributed by atoms with Crippen LogP contribution in [-0.2, 0) is 0 Å². The Balaban J connectivity index is 0. The SMILES string of the molecule is Br.CCCCCCCCC(C)N. The molecule has 0 aliphatic rings. The van der Waals surface area contributed by atoms with Gasteiger partial charge >= 0.3 is 0 Å². The van der Waals surface area contributed by atoms with E-state index in [1.807, 2.05) is 0 Å². The van der Waals surface area contributed by atoms with E-state index in [9.17, 15) is 0 Å². The summed E-state index contributed by atoms with van der Waals surface area (Å²) in [5.41, 5.74) is 5.63. The molecule has 1 atom stereocenters. The van der Waals surface area contributed by atoms with Crippen LogP contribution in [0.15, 0.2) is 0 Å². The van der Waals surface area contributed by atoms with Crippen molar-refractivity contribution in [3.63, 3.8) is 0 Å². The van der Waals surface area contributed by atoms with Crippen molar-refractivity contribution >= 4 is 17.0 Å². The first-order valence-electron chi connectivity index (χ1n) is 5.03. The molecule has 0 saturated carbocycles. The molecular weight excluding hydrogens is 214 g/mol. The quantitative estimate of drug-likeness (QED) is 0.673. The maximum atomic E-state index is 5.63. The third-order valence-electron chi connectivity index (χ3n) is 2.01.